The van der Waals surface area contributed by atoms with Gasteiger partial charge in [0.15, 0.2) is 0 Å². The number of carbonyl (C=O) groups is 3. The number of hydrogen-bond donors (Lipinski definition) is 4. The average molecular weight is 554 g/mol. The molecule has 9 nitrogen and oxygen atoms in total. The fraction of sp³-hybridized carbons (Fsp3) is 0.0952. The number of benzene rings is 2. The third-order valence-electron chi connectivity index (χ3n) is 4.44. The second-order valence-corrected chi connectivity index (χ2v) is 8.44. The van der Waals surface area contributed by atoms with Gasteiger partial charge in [0, 0.05) is 28.2 Å². The number of nitrogens with one attached hydrogen (secondary N) is 3. The highest BCUT2D eigenvalue weighted by Crippen LogP contribution is 2.25. The van der Waals surface area contributed by atoms with Gasteiger partial charge in [-0.05, 0) is 36.4 Å². The topological polar surface area (TPSA) is 141 Å². The molecule has 1 aromatic heterocycles. The van der Waals surface area contributed by atoms with Gasteiger partial charge in [-0.3, -0.25) is 9.59 Å². The Kier molecular flexibility index (Phi) is 7.85. The number of rotatable bonds is 7. The summed E-state index contributed by atoms with van der Waals surface area (Å²) in [7, 11) is 0. The summed E-state index contributed by atoms with van der Waals surface area (Å²) in [5.41, 5.74) is -0.391. The Morgan fingerprint density at radius 1 is 1.06 bits per heavy atom. The summed E-state index contributed by atoms with van der Waals surface area (Å²) in [6.45, 7) is 0. The van der Waals surface area contributed by atoms with Gasteiger partial charge in [0.1, 0.15) is 11.9 Å². The predicted octanol–water partition coefficient (Wildman–Crippen LogP) is 3.52. The van der Waals surface area contributed by atoms with Gasteiger partial charge in [0.25, 0.3) is 11.8 Å². The summed E-state index contributed by atoms with van der Waals surface area (Å²) < 4.78 is 0.757. The lowest BCUT2D eigenvalue weighted by atomic mass is 10.1. The maximum Gasteiger partial charge on any atom is 0.346 e. The van der Waals surface area contributed by atoms with Gasteiger partial charge in [-0.1, -0.05) is 45.2 Å². The number of amides is 2. The molecular weight excluding hydrogens is 539 g/mol. The van der Waals surface area contributed by atoms with Crippen LogP contribution in [0.3, 0.4) is 0 Å². The summed E-state index contributed by atoms with van der Waals surface area (Å²) >= 11 is 15.4. The second-order valence-electron chi connectivity index (χ2n) is 6.71. The van der Waals surface area contributed by atoms with E-state index in [0.717, 1.165) is 4.47 Å². The molecule has 0 saturated heterocycles. The van der Waals surface area contributed by atoms with E-state index >= 15 is 0 Å². The molecule has 12 heteroatoms. The number of hydrogen-bond acceptors (Lipinski definition) is 5. The first-order chi connectivity index (χ1) is 15.7. The molecule has 1 unspecified atom stereocenters. The second kappa shape index (κ2) is 10.6. The standard InChI is InChI=1S/C21H15BrCl2N4O5/c22-12-6-4-10(5-7-12)18(29)26-15(20(31)32)8-11-9-25-21(33)28-17(11)27-19(30)16-13(23)2-1-3-14(16)24/h1-7,9,15H,8H2,(H,26,29)(H,31,32)(H2,25,27,28,30,33). The van der Waals surface area contributed by atoms with Crippen molar-refractivity contribution < 1.29 is 19.5 Å². The molecule has 2 amide bonds. The minimum Gasteiger partial charge on any atom is -0.480 e. The Balaban J connectivity index is 1.85. The first kappa shape index (κ1) is 24.4. The number of aliphatic carboxylic acids is 1. The smallest absolute Gasteiger partial charge is 0.346 e. The number of aromatic nitrogens is 2. The van der Waals surface area contributed by atoms with Gasteiger partial charge in [-0.2, -0.15) is 4.98 Å². The molecule has 0 saturated carbocycles. The van der Waals surface area contributed by atoms with Crippen LogP contribution in [0.1, 0.15) is 26.3 Å². The van der Waals surface area contributed by atoms with Gasteiger partial charge in [-0.15, -0.1) is 0 Å². The molecule has 3 rings (SSSR count). The normalized spacial score (nSPS) is 11.5. The maximum absolute atomic E-state index is 12.7. The first-order valence-electron chi connectivity index (χ1n) is 9.29. The van der Waals surface area contributed by atoms with Crippen molar-refractivity contribution in [2.24, 2.45) is 0 Å². The molecule has 2 aromatic carbocycles. The summed E-state index contributed by atoms with van der Waals surface area (Å²) in [6.07, 6.45) is 0.925. The van der Waals surface area contributed by atoms with Crippen molar-refractivity contribution in [2.45, 2.75) is 12.5 Å². The molecule has 170 valence electrons. The zero-order chi connectivity index (χ0) is 24.1. The highest BCUT2D eigenvalue weighted by molar-refractivity contribution is 9.10. The largest absolute Gasteiger partial charge is 0.480 e. The molecule has 1 heterocycles. The van der Waals surface area contributed by atoms with E-state index in [4.69, 9.17) is 23.2 Å². The molecule has 0 aliphatic rings. The molecule has 0 bridgehead atoms. The Morgan fingerprint density at radius 3 is 2.30 bits per heavy atom. The molecule has 4 N–H and O–H groups in total. The molecule has 1 atom stereocenters. The van der Waals surface area contributed by atoms with E-state index < -0.39 is 29.5 Å². The van der Waals surface area contributed by atoms with Crippen molar-refractivity contribution in [3.63, 3.8) is 0 Å². The molecule has 0 aliphatic carbocycles. The number of aromatic amines is 1. The van der Waals surface area contributed by atoms with Crippen LogP contribution < -0.4 is 16.3 Å². The molecular formula is C21H15BrCl2N4O5. The highest BCUT2D eigenvalue weighted by Gasteiger charge is 2.24. The van der Waals surface area contributed by atoms with Crippen LogP contribution in [0.2, 0.25) is 10.0 Å². The fourth-order valence-corrected chi connectivity index (χ4v) is 3.67. The number of carboxylic acids is 1. The van der Waals surface area contributed by atoms with Gasteiger partial charge < -0.3 is 20.7 Å². The Labute approximate surface area is 205 Å². The van der Waals surface area contributed by atoms with E-state index in [1.807, 2.05) is 0 Å². The number of nitrogens with zero attached hydrogens (tertiary/aromatic N) is 1. The molecule has 0 fully saturated rings. The van der Waals surface area contributed by atoms with Crippen LogP contribution in [0.25, 0.3) is 0 Å². The van der Waals surface area contributed by atoms with Crippen LogP contribution in [0.4, 0.5) is 5.82 Å². The SMILES string of the molecule is O=C(NC(Cc1c[nH]c(=O)nc1NC(=O)c1c(Cl)cccc1Cl)C(=O)O)c1ccc(Br)cc1. The van der Waals surface area contributed by atoms with E-state index in [2.05, 4.69) is 36.5 Å². The molecule has 0 spiro atoms. The van der Waals surface area contributed by atoms with Gasteiger partial charge in [-0.25, -0.2) is 9.59 Å². The summed E-state index contributed by atoms with van der Waals surface area (Å²) in [4.78, 5) is 54.8. The number of carbonyl (C=O) groups excluding carboxylic acids is 2. The lowest BCUT2D eigenvalue weighted by Gasteiger charge is -2.17. The molecule has 0 aliphatic heterocycles. The maximum atomic E-state index is 12.7. The molecule has 0 radical (unpaired) electrons. The van der Waals surface area contributed by atoms with Crippen molar-refractivity contribution in [2.75, 3.05) is 5.32 Å². The quantitative estimate of drug-likeness (QED) is 0.353. The number of halogens is 3. The highest BCUT2D eigenvalue weighted by atomic mass is 79.9. The van der Waals surface area contributed by atoms with Gasteiger partial charge >= 0.3 is 11.7 Å². The number of carboxylic acid groups (broad SMARTS) is 1. The summed E-state index contributed by atoms with van der Waals surface area (Å²) in [5.74, 6) is -2.86. The Morgan fingerprint density at radius 2 is 1.70 bits per heavy atom. The van der Waals surface area contributed by atoms with Gasteiger partial charge in [0.2, 0.25) is 0 Å². The molecule has 33 heavy (non-hydrogen) atoms. The lowest BCUT2D eigenvalue weighted by molar-refractivity contribution is -0.139. The van der Waals surface area contributed by atoms with E-state index in [1.54, 1.807) is 18.2 Å². The van der Waals surface area contributed by atoms with E-state index in [-0.39, 0.29) is 39.0 Å². The first-order valence-corrected chi connectivity index (χ1v) is 10.8. The van der Waals surface area contributed by atoms with Crippen molar-refractivity contribution in [1.82, 2.24) is 15.3 Å². The van der Waals surface area contributed by atoms with E-state index in [0.29, 0.717) is 0 Å². The monoisotopic (exact) mass is 552 g/mol. The van der Waals surface area contributed by atoms with Crippen LogP contribution in [-0.2, 0) is 11.2 Å². The lowest BCUT2D eigenvalue weighted by Crippen LogP contribution is -2.42. The van der Waals surface area contributed by atoms with Crippen molar-refractivity contribution in [3.05, 3.63) is 90.4 Å². The summed E-state index contributed by atoms with van der Waals surface area (Å²) in [5, 5.41) is 14.6. The zero-order valence-electron chi connectivity index (χ0n) is 16.6. The third kappa shape index (κ3) is 6.19. The zero-order valence-corrected chi connectivity index (χ0v) is 19.7. The van der Waals surface area contributed by atoms with Crippen molar-refractivity contribution in [3.8, 4) is 0 Å². The van der Waals surface area contributed by atoms with E-state index in [9.17, 15) is 24.3 Å². The number of H-pyrrole nitrogens is 1. The van der Waals surface area contributed by atoms with Crippen molar-refractivity contribution >= 4 is 62.7 Å². The van der Waals surface area contributed by atoms with Gasteiger partial charge in [0.05, 0.1) is 15.6 Å². The van der Waals surface area contributed by atoms with Crippen LogP contribution in [0.15, 0.2) is 57.9 Å². The average Bonchev–Trinajstić information content (AvgIpc) is 2.75. The predicted molar refractivity (Wildman–Crippen MR) is 126 cm³/mol. The van der Waals surface area contributed by atoms with Crippen LogP contribution in [-0.4, -0.2) is 38.9 Å². The van der Waals surface area contributed by atoms with Crippen LogP contribution in [0.5, 0.6) is 0 Å². The fourth-order valence-electron chi connectivity index (χ4n) is 2.83. The Hall–Kier alpha value is -3.21. The van der Waals surface area contributed by atoms with E-state index in [1.165, 1.54) is 30.5 Å². The summed E-state index contributed by atoms with van der Waals surface area (Å²) in [6, 6.07) is 9.45. The Bertz CT molecular complexity index is 1260. The van der Waals surface area contributed by atoms with Crippen molar-refractivity contribution in [1.29, 1.82) is 0 Å². The third-order valence-corrected chi connectivity index (χ3v) is 5.60. The minimum absolute atomic E-state index is 0.0350. The van der Waals surface area contributed by atoms with Crippen LogP contribution >= 0.6 is 39.1 Å². The molecule has 3 aromatic rings. The van der Waals surface area contributed by atoms with Crippen LogP contribution in [0, 0.1) is 0 Å². The minimum atomic E-state index is -1.38. The number of anilines is 1.